The van der Waals surface area contributed by atoms with Gasteiger partial charge in [0.1, 0.15) is 0 Å². The van der Waals surface area contributed by atoms with Crippen molar-refractivity contribution in [3.05, 3.63) is 53.6 Å². The maximum atomic E-state index is 11.7. The predicted molar refractivity (Wildman–Crippen MR) is 79.7 cm³/mol. The minimum Gasteiger partial charge on any atom is -0.294 e. The second kappa shape index (κ2) is 5.21. The minimum absolute atomic E-state index is 0.00723. The van der Waals surface area contributed by atoms with Crippen molar-refractivity contribution in [1.82, 2.24) is 0 Å². The normalized spacial score (nSPS) is 11.3. The van der Waals surface area contributed by atoms with Gasteiger partial charge in [0.2, 0.25) is 0 Å². The summed E-state index contributed by atoms with van der Waals surface area (Å²) < 4.78 is 22.9. The van der Waals surface area contributed by atoms with Gasteiger partial charge >= 0.3 is 0 Å². The van der Waals surface area contributed by atoms with Gasteiger partial charge in [-0.15, -0.1) is 0 Å². The highest BCUT2D eigenvalue weighted by Crippen LogP contribution is 2.26. The van der Waals surface area contributed by atoms with Crippen LogP contribution in [0.4, 0.5) is 0 Å². The van der Waals surface area contributed by atoms with Gasteiger partial charge in [-0.2, -0.15) is 0 Å². The molecule has 0 aliphatic carbocycles. The number of hydrogen-bond donors (Lipinski definition) is 0. The van der Waals surface area contributed by atoms with Gasteiger partial charge in [0.15, 0.2) is 15.6 Å². The average molecular weight is 288 g/mol. The summed E-state index contributed by atoms with van der Waals surface area (Å²) in [5, 5.41) is 0. The van der Waals surface area contributed by atoms with Gasteiger partial charge in [-0.1, -0.05) is 35.9 Å². The van der Waals surface area contributed by atoms with Crippen LogP contribution in [0.3, 0.4) is 0 Å². The topological polar surface area (TPSA) is 51.2 Å². The van der Waals surface area contributed by atoms with Gasteiger partial charge in [-0.05, 0) is 37.1 Å². The lowest BCUT2D eigenvalue weighted by Gasteiger charge is -2.09. The number of aryl methyl sites for hydroxylation is 1. The summed E-state index contributed by atoms with van der Waals surface area (Å²) >= 11 is 0. The summed E-state index contributed by atoms with van der Waals surface area (Å²) in [5.74, 6) is -0.00723. The highest BCUT2D eigenvalue weighted by atomic mass is 32.2. The molecule has 0 bridgehead atoms. The lowest BCUT2D eigenvalue weighted by Crippen LogP contribution is -1.98. The quantitative estimate of drug-likeness (QED) is 0.814. The van der Waals surface area contributed by atoms with Crippen LogP contribution in [0.2, 0.25) is 0 Å². The molecule has 0 aliphatic rings. The fraction of sp³-hybridized carbons (Fsp3) is 0.188. The summed E-state index contributed by atoms with van der Waals surface area (Å²) in [6.07, 6.45) is 1.18. The Morgan fingerprint density at radius 2 is 1.60 bits per heavy atom. The number of sulfone groups is 1. The Kier molecular flexibility index (Phi) is 3.77. The largest absolute Gasteiger partial charge is 0.294 e. The van der Waals surface area contributed by atoms with Crippen LogP contribution >= 0.6 is 0 Å². The molecule has 0 fully saturated rings. The molecule has 104 valence electrons. The predicted octanol–water partition coefficient (Wildman–Crippen LogP) is 3.27. The summed E-state index contributed by atoms with van der Waals surface area (Å²) in [4.78, 5) is 12.0. The Bertz CT molecular complexity index is 757. The molecule has 3 nitrogen and oxygen atoms in total. The van der Waals surface area contributed by atoms with Crippen LogP contribution in [0.1, 0.15) is 22.8 Å². The SMILES string of the molecule is CC(=O)c1ccc(C)cc1-c1ccc(S(C)(=O)=O)cc1. The van der Waals surface area contributed by atoms with Crippen molar-refractivity contribution >= 4 is 15.6 Å². The zero-order valence-electron chi connectivity index (χ0n) is 11.7. The van der Waals surface area contributed by atoms with E-state index >= 15 is 0 Å². The van der Waals surface area contributed by atoms with Crippen LogP contribution in [0, 0.1) is 6.92 Å². The lowest BCUT2D eigenvalue weighted by atomic mass is 9.96. The van der Waals surface area contributed by atoms with Gasteiger partial charge < -0.3 is 0 Å². The number of carbonyl (C=O) groups excluding carboxylic acids is 1. The summed E-state index contributed by atoms with van der Waals surface area (Å²) in [6.45, 7) is 3.48. The van der Waals surface area contributed by atoms with E-state index < -0.39 is 9.84 Å². The number of carbonyl (C=O) groups is 1. The second-order valence-corrected chi connectivity index (χ2v) is 6.92. The van der Waals surface area contributed by atoms with Crippen molar-refractivity contribution in [3.63, 3.8) is 0 Å². The molecule has 20 heavy (non-hydrogen) atoms. The van der Waals surface area contributed by atoms with E-state index in [0.717, 1.165) is 16.7 Å². The van der Waals surface area contributed by atoms with Crippen LogP contribution in [-0.4, -0.2) is 20.5 Å². The average Bonchev–Trinajstić information content (AvgIpc) is 2.37. The molecule has 0 aliphatic heterocycles. The monoisotopic (exact) mass is 288 g/mol. The number of rotatable bonds is 3. The van der Waals surface area contributed by atoms with Gasteiger partial charge in [-0.25, -0.2) is 8.42 Å². The molecule has 0 spiro atoms. The van der Waals surface area contributed by atoms with Crippen LogP contribution in [0.5, 0.6) is 0 Å². The highest BCUT2D eigenvalue weighted by molar-refractivity contribution is 7.90. The molecule has 0 N–H and O–H groups in total. The van der Waals surface area contributed by atoms with Crippen molar-refractivity contribution in [2.75, 3.05) is 6.26 Å². The first-order valence-electron chi connectivity index (χ1n) is 6.21. The van der Waals surface area contributed by atoms with E-state index in [-0.39, 0.29) is 10.7 Å². The van der Waals surface area contributed by atoms with Crippen molar-refractivity contribution in [1.29, 1.82) is 0 Å². The van der Waals surface area contributed by atoms with Crippen molar-refractivity contribution in [3.8, 4) is 11.1 Å². The first-order chi connectivity index (χ1) is 9.29. The maximum Gasteiger partial charge on any atom is 0.175 e. The molecule has 0 amide bonds. The molecule has 0 atom stereocenters. The zero-order valence-corrected chi connectivity index (χ0v) is 12.5. The molecular weight excluding hydrogens is 272 g/mol. The van der Waals surface area contributed by atoms with Gasteiger partial charge in [-0.3, -0.25) is 4.79 Å². The smallest absolute Gasteiger partial charge is 0.175 e. The second-order valence-electron chi connectivity index (χ2n) is 4.90. The third-order valence-electron chi connectivity index (χ3n) is 3.15. The Labute approximate surface area is 119 Å². The maximum absolute atomic E-state index is 11.7. The number of hydrogen-bond acceptors (Lipinski definition) is 3. The molecule has 4 heteroatoms. The van der Waals surface area contributed by atoms with Gasteiger partial charge in [0, 0.05) is 11.8 Å². The van der Waals surface area contributed by atoms with Crippen molar-refractivity contribution in [2.24, 2.45) is 0 Å². The van der Waals surface area contributed by atoms with Crippen LogP contribution in [-0.2, 0) is 9.84 Å². The zero-order chi connectivity index (χ0) is 14.9. The molecule has 0 unspecified atom stereocenters. The number of benzene rings is 2. The fourth-order valence-electron chi connectivity index (χ4n) is 2.09. The molecular formula is C16H16O3S. The Morgan fingerprint density at radius 1 is 1.00 bits per heavy atom. The number of ketones is 1. The first-order valence-corrected chi connectivity index (χ1v) is 8.10. The van der Waals surface area contributed by atoms with Gasteiger partial charge in [0.25, 0.3) is 0 Å². The molecule has 0 heterocycles. The van der Waals surface area contributed by atoms with E-state index in [4.69, 9.17) is 0 Å². The molecule has 0 saturated carbocycles. The third-order valence-corrected chi connectivity index (χ3v) is 4.28. The molecule has 0 saturated heterocycles. The van der Waals surface area contributed by atoms with Crippen LogP contribution in [0.25, 0.3) is 11.1 Å². The number of Topliss-reactive ketones (excluding diaryl/α,β-unsaturated/α-hetero) is 1. The van der Waals surface area contributed by atoms with E-state index in [9.17, 15) is 13.2 Å². The van der Waals surface area contributed by atoms with Crippen molar-refractivity contribution in [2.45, 2.75) is 18.7 Å². The van der Waals surface area contributed by atoms with E-state index in [2.05, 4.69) is 0 Å². The van der Waals surface area contributed by atoms with Gasteiger partial charge in [0.05, 0.1) is 4.90 Å². The molecule has 2 aromatic carbocycles. The highest BCUT2D eigenvalue weighted by Gasteiger charge is 2.11. The summed E-state index contributed by atoms with van der Waals surface area (Å²) in [7, 11) is -3.20. The first kappa shape index (κ1) is 14.5. The van der Waals surface area contributed by atoms with E-state index in [1.54, 1.807) is 30.3 Å². The molecule has 2 rings (SSSR count). The minimum atomic E-state index is -3.20. The molecule has 0 radical (unpaired) electrons. The Morgan fingerprint density at radius 3 is 2.10 bits per heavy atom. The fourth-order valence-corrected chi connectivity index (χ4v) is 2.72. The molecule has 2 aromatic rings. The third kappa shape index (κ3) is 2.96. The standard InChI is InChI=1S/C16H16O3S/c1-11-4-9-15(12(2)17)16(10-11)13-5-7-14(8-6-13)20(3,18)19/h4-10H,1-3H3. The van der Waals surface area contributed by atoms with Crippen LogP contribution in [0.15, 0.2) is 47.4 Å². The lowest BCUT2D eigenvalue weighted by molar-refractivity contribution is 0.101. The summed E-state index contributed by atoms with van der Waals surface area (Å²) in [5.41, 5.74) is 3.36. The van der Waals surface area contributed by atoms with Crippen molar-refractivity contribution < 1.29 is 13.2 Å². The Balaban J connectivity index is 2.57. The van der Waals surface area contributed by atoms with E-state index in [1.807, 2.05) is 19.1 Å². The molecule has 0 aromatic heterocycles. The van der Waals surface area contributed by atoms with Crippen LogP contribution < -0.4 is 0 Å². The summed E-state index contributed by atoms with van der Waals surface area (Å²) in [6, 6.07) is 12.2. The van der Waals surface area contributed by atoms with E-state index in [0.29, 0.717) is 5.56 Å². The van der Waals surface area contributed by atoms with E-state index in [1.165, 1.54) is 13.2 Å². The Hall–Kier alpha value is -1.94.